The van der Waals surface area contributed by atoms with Crippen LogP contribution in [0, 0.1) is 5.92 Å². The molecule has 0 saturated heterocycles. The predicted molar refractivity (Wildman–Crippen MR) is 64.0 cm³/mol. The third-order valence-electron chi connectivity index (χ3n) is 2.51. The van der Waals surface area contributed by atoms with Gasteiger partial charge in [0.05, 0.1) is 0 Å². The summed E-state index contributed by atoms with van der Waals surface area (Å²) in [6, 6.07) is 0.253. The van der Waals surface area contributed by atoms with Gasteiger partial charge in [0.2, 0.25) is 5.89 Å². The molecule has 1 rings (SSSR count). The Bertz CT molecular complexity index is 294. The van der Waals surface area contributed by atoms with Crippen molar-refractivity contribution in [2.45, 2.75) is 58.9 Å². The van der Waals surface area contributed by atoms with Crippen molar-refractivity contribution in [3.05, 3.63) is 11.7 Å². The van der Waals surface area contributed by atoms with Gasteiger partial charge in [0, 0.05) is 18.9 Å². The maximum absolute atomic E-state index is 5.68. The number of aryl methyl sites for hydroxylation is 2. The third kappa shape index (κ3) is 5.26. The summed E-state index contributed by atoms with van der Waals surface area (Å²) in [6.07, 6.45) is 4.89. The minimum atomic E-state index is 0.253. The van der Waals surface area contributed by atoms with Gasteiger partial charge < -0.3 is 10.3 Å². The Hall–Kier alpha value is -0.900. The van der Waals surface area contributed by atoms with E-state index in [9.17, 15) is 0 Å². The van der Waals surface area contributed by atoms with Crippen molar-refractivity contribution in [1.29, 1.82) is 0 Å². The van der Waals surface area contributed by atoms with Crippen LogP contribution >= 0.6 is 0 Å². The zero-order valence-electron chi connectivity index (χ0n) is 10.6. The molecular formula is C12H23N3O. The Balaban J connectivity index is 2.28. The van der Waals surface area contributed by atoms with Crippen LogP contribution in [-0.2, 0) is 12.8 Å². The van der Waals surface area contributed by atoms with Crippen molar-refractivity contribution >= 4 is 0 Å². The van der Waals surface area contributed by atoms with E-state index >= 15 is 0 Å². The van der Waals surface area contributed by atoms with Gasteiger partial charge in [-0.3, -0.25) is 0 Å². The molecule has 1 aromatic heterocycles. The van der Waals surface area contributed by atoms with Gasteiger partial charge in [-0.1, -0.05) is 19.0 Å². The molecule has 0 fully saturated rings. The lowest BCUT2D eigenvalue weighted by atomic mass is 10.1. The quantitative estimate of drug-likeness (QED) is 0.773. The number of hydrogen-bond acceptors (Lipinski definition) is 4. The molecular weight excluding hydrogens is 202 g/mol. The molecule has 4 nitrogen and oxygen atoms in total. The monoisotopic (exact) mass is 225 g/mol. The lowest BCUT2D eigenvalue weighted by molar-refractivity contribution is 0.366. The lowest BCUT2D eigenvalue weighted by Gasteiger charge is -2.01. The average molecular weight is 225 g/mol. The van der Waals surface area contributed by atoms with Crippen LogP contribution in [-0.4, -0.2) is 16.2 Å². The van der Waals surface area contributed by atoms with E-state index in [0.717, 1.165) is 43.8 Å². The summed E-state index contributed by atoms with van der Waals surface area (Å²) >= 11 is 0. The lowest BCUT2D eigenvalue weighted by Crippen LogP contribution is -2.14. The topological polar surface area (TPSA) is 64.9 Å². The van der Waals surface area contributed by atoms with E-state index in [1.54, 1.807) is 0 Å². The van der Waals surface area contributed by atoms with Gasteiger partial charge in [-0.2, -0.15) is 4.98 Å². The number of rotatable bonds is 7. The summed E-state index contributed by atoms with van der Waals surface area (Å²) in [6.45, 7) is 6.41. The molecule has 1 aromatic rings. The summed E-state index contributed by atoms with van der Waals surface area (Å²) < 4.78 is 5.18. The molecule has 1 unspecified atom stereocenters. The zero-order valence-corrected chi connectivity index (χ0v) is 10.6. The summed E-state index contributed by atoms with van der Waals surface area (Å²) in [5, 5.41) is 3.97. The van der Waals surface area contributed by atoms with Gasteiger partial charge in [-0.05, 0) is 32.1 Å². The van der Waals surface area contributed by atoms with Gasteiger partial charge in [0.1, 0.15) is 0 Å². The van der Waals surface area contributed by atoms with E-state index in [1.165, 1.54) is 0 Å². The van der Waals surface area contributed by atoms with Crippen LogP contribution in [0.3, 0.4) is 0 Å². The highest BCUT2D eigenvalue weighted by molar-refractivity contribution is 4.87. The molecule has 0 bridgehead atoms. The highest BCUT2D eigenvalue weighted by Gasteiger charge is 2.07. The maximum Gasteiger partial charge on any atom is 0.226 e. The van der Waals surface area contributed by atoms with Crippen molar-refractivity contribution < 1.29 is 4.52 Å². The van der Waals surface area contributed by atoms with Gasteiger partial charge in [-0.25, -0.2) is 0 Å². The normalized spacial score (nSPS) is 13.3. The predicted octanol–water partition coefficient (Wildman–Crippen LogP) is 2.33. The van der Waals surface area contributed by atoms with Gasteiger partial charge in [0.25, 0.3) is 0 Å². The third-order valence-corrected chi connectivity index (χ3v) is 2.51. The number of nitrogens with zero attached hydrogens (tertiary/aromatic N) is 2. The summed E-state index contributed by atoms with van der Waals surface area (Å²) in [4.78, 5) is 4.36. The van der Waals surface area contributed by atoms with E-state index in [0.29, 0.717) is 5.92 Å². The molecule has 0 radical (unpaired) electrons. The molecule has 1 atom stereocenters. The number of nitrogens with two attached hydrogens (primary N) is 1. The molecule has 0 aromatic carbocycles. The smallest absolute Gasteiger partial charge is 0.226 e. The Morgan fingerprint density at radius 3 is 2.56 bits per heavy atom. The van der Waals surface area contributed by atoms with Crippen LogP contribution in [0.25, 0.3) is 0 Å². The van der Waals surface area contributed by atoms with Gasteiger partial charge >= 0.3 is 0 Å². The van der Waals surface area contributed by atoms with E-state index in [1.807, 2.05) is 6.92 Å². The molecule has 4 heteroatoms. The second-order valence-electron chi connectivity index (χ2n) is 4.91. The first-order valence-electron chi connectivity index (χ1n) is 6.15. The molecule has 0 saturated carbocycles. The minimum absolute atomic E-state index is 0.253. The maximum atomic E-state index is 5.68. The SMILES string of the molecule is CC(C)CCc1noc(CCCC(C)N)n1. The van der Waals surface area contributed by atoms with Crippen LogP contribution in [0.5, 0.6) is 0 Å². The molecule has 1 heterocycles. The second kappa shape index (κ2) is 6.63. The molecule has 92 valence electrons. The fourth-order valence-electron chi connectivity index (χ4n) is 1.49. The standard InChI is InChI=1S/C12H23N3O/c1-9(2)7-8-11-14-12(16-15-11)6-4-5-10(3)13/h9-10H,4-8,13H2,1-3H3. The van der Waals surface area contributed by atoms with Crippen molar-refractivity contribution in [1.82, 2.24) is 10.1 Å². The first kappa shape index (κ1) is 13.2. The van der Waals surface area contributed by atoms with Crippen LogP contribution in [0.2, 0.25) is 0 Å². The Morgan fingerprint density at radius 1 is 1.19 bits per heavy atom. The number of hydrogen-bond donors (Lipinski definition) is 1. The second-order valence-corrected chi connectivity index (χ2v) is 4.91. The van der Waals surface area contributed by atoms with Gasteiger partial charge in [-0.15, -0.1) is 0 Å². The molecule has 16 heavy (non-hydrogen) atoms. The summed E-state index contributed by atoms with van der Waals surface area (Å²) in [7, 11) is 0. The Kier molecular flexibility index (Phi) is 5.46. The largest absolute Gasteiger partial charge is 0.339 e. The fraction of sp³-hybridized carbons (Fsp3) is 0.833. The van der Waals surface area contributed by atoms with E-state index in [-0.39, 0.29) is 6.04 Å². The molecule has 0 amide bonds. The van der Waals surface area contributed by atoms with Crippen molar-refractivity contribution in [2.24, 2.45) is 11.7 Å². The van der Waals surface area contributed by atoms with Crippen LogP contribution in [0.15, 0.2) is 4.52 Å². The Morgan fingerprint density at radius 2 is 1.94 bits per heavy atom. The first-order valence-corrected chi connectivity index (χ1v) is 6.15. The zero-order chi connectivity index (χ0) is 12.0. The molecule has 0 aliphatic carbocycles. The fourth-order valence-corrected chi connectivity index (χ4v) is 1.49. The minimum Gasteiger partial charge on any atom is -0.339 e. The molecule has 0 spiro atoms. The van der Waals surface area contributed by atoms with Crippen molar-refractivity contribution in [3.63, 3.8) is 0 Å². The molecule has 0 aliphatic rings. The Labute approximate surface area is 97.6 Å². The summed E-state index contributed by atoms with van der Waals surface area (Å²) in [5.41, 5.74) is 5.68. The van der Waals surface area contributed by atoms with E-state index in [2.05, 4.69) is 24.0 Å². The van der Waals surface area contributed by atoms with E-state index < -0.39 is 0 Å². The number of aromatic nitrogens is 2. The molecule has 0 aliphatic heterocycles. The van der Waals surface area contributed by atoms with Crippen LogP contribution < -0.4 is 5.73 Å². The first-order chi connectivity index (χ1) is 7.58. The highest BCUT2D eigenvalue weighted by atomic mass is 16.5. The van der Waals surface area contributed by atoms with Gasteiger partial charge in [0.15, 0.2) is 5.82 Å². The van der Waals surface area contributed by atoms with E-state index in [4.69, 9.17) is 10.3 Å². The highest BCUT2D eigenvalue weighted by Crippen LogP contribution is 2.08. The van der Waals surface area contributed by atoms with Crippen LogP contribution in [0.4, 0.5) is 0 Å². The van der Waals surface area contributed by atoms with Crippen molar-refractivity contribution in [2.75, 3.05) is 0 Å². The van der Waals surface area contributed by atoms with Crippen LogP contribution in [0.1, 0.15) is 51.7 Å². The summed E-state index contributed by atoms with van der Waals surface area (Å²) in [5.74, 6) is 2.27. The average Bonchev–Trinajstić information content (AvgIpc) is 2.62. The molecule has 2 N–H and O–H groups in total. The van der Waals surface area contributed by atoms with Crippen molar-refractivity contribution in [3.8, 4) is 0 Å².